The average molecular weight is 727 g/mol. The minimum atomic E-state index is -0.581. The van der Waals surface area contributed by atoms with Crippen LogP contribution in [0, 0.1) is 0 Å². The molecule has 268 valence electrons. The number of hydrogen-bond donors (Lipinski definition) is 0. The van der Waals surface area contributed by atoms with Crippen LogP contribution in [0.1, 0.15) is 44.5 Å². The van der Waals surface area contributed by atoms with Gasteiger partial charge >= 0.3 is 0 Å². The molecule has 1 heterocycles. The Hall–Kier alpha value is -7.22. The summed E-state index contributed by atoms with van der Waals surface area (Å²) in [4.78, 5) is 0. The fourth-order valence-corrected chi connectivity index (χ4v) is 9.99. The van der Waals surface area contributed by atoms with E-state index < -0.39 is 10.8 Å². The van der Waals surface area contributed by atoms with Gasteiger partial charge in [0.05, 0.1) is 10.8 Å². The molecule has 57 heavy (non-hydrogen) atoms. The van der Waals surface area contributed by atoms with Crippen LogP contribution in [0.2, 0.25) is 0 Å². The Morgan fingerprint density at radius 1 is 0.263 bits per heavy atom. The molecule has 0 saturated heterocycles. The number of benzene rings is 9. The van der Waals surface area contributed by atoms with Gasteiger partial charge in [-0.25, -0.2) is 0 Å². The summed E-state index contributed by atoms with van der Waals surface area (Å²) in [7, 11) is 0. The van der Waals surface area contributed by atoms with E-state index in [1.807, 2.05) is 0 Å². The molecule has 0 saturated carbocycles. The van der Waals surface area contributed by atoms with E-state index in [0.29, 0.717) is 0 Å². The lowest BCUT2D eigenvalue weighted by Gasteiger charge is -2.41. The summed E-state index contributed by atoms with van der Waals surface area (Å²) in [6, 6.07) is 84.1. The first-order valence-electron chi connectivity index (χ1n) is 19.8. The van der Waals surface area contributed by atoms with E-state index in [9.17, 15) is 0 Å². The lowest BCUT2D eigenvalue weighted by atomic mass is 9.63. The molecule has 11 rings (SSSR count). The third-order valence-electron chi connectivity index (χ3n) is 12.3. The molecule has 2 aliphatic rings. The monoisotopic (exact) mass is 726 g/mol. The predicted octanol–water partition coefficient (Wildman–Crippen LogP) is 13.9. The second-order valence-corrected chi connectivity index (χ2v) is 15.1. The van der Waals surface area contributed by atoms with Crippen LogP contribution in [0.25, 0.3) is 33.4 Å². The zero-order chi connectivity index (χ0) is 37.8. The minimum absolute atomic E-state index is 0.449. The Bertz CT molecular complexity index is 2830. The molecule has 0 N–H and O–H groups in total. The van der Waals surface area contributed by atoms with Crippen molar-refractivity contribution in [3.63, 3.8) is 0 Å². The van der Waals surface area contributed by atoms with Crippen molar-refractivity contribution in [2.24, 2.45) is 0 Å². The lowest BCUT2D eigenvalue weighted by Crippen LogP contribution is -2.34. The van der Waals surface area contributed by atoms with Crippen LogP contribution in [0.4, 0.5) is 0 Å². The van der Waals surface area contributed by atoms with Crippen LogP contribution in [0.15, 0.2) is 231 Å². The van der Waals surface area contributed by atoms with Gasteiger partial charge in [0.1, 0.15) is 11.5 Å². The van der Waals surface area contributed by atoms with Crippen molar-refractivity contribution in [2.45, 2.75) is 10.8 Å². The molecule has 0 fully saturated rings. The fourth-order valence-electron chi connectivity index (χ4n) is 9.99. The zero-order valence-electron chi connectivity index (χ0n) is 31.3. The van der Waals surface area contributed by atoms with Crippen molar-refractivity contribution >= 4 is 0 Å². The van der Waals surface area contributed by atoms with E-state index in [-0.39, 0.29) is 0 Å². The Morgan fingerprint density at radius 3 is 1.33 bits per heavy atom. The zero-order valence-corrected chi connectivity index (χ0v) is 31.3. The fraction of sp³-hybridized carbons (Fsp3) is 0.0357. The van der Waals surface area contributed by atoms with Crippen LogP contribution >= 0.6 is 0 Å². The predicted molar refractivity (Wildman–Crippen MR) is 233 cm³/mol. The standard InChI is InChI=1S/C56H38O/c1-5-21-42(22-6-1)55(43-23-7-2-8-24-43)48-31-14-13-29-47(48)54-46(30-18-33-50(54)55)41-20-17-19-39(37-41)40-35-36-53-51(38-40)56(44-25-9-3-10-26-44,45-27-11-4-12-28-45)49-32-15-16-34-52(49)57-53/h1-38H. The maximum Gasteiger partial charge on any atom is 0.132 e. The summed E-state index contributed by atoms with van der Waals surface area (Å²) in [6.45, 7) is 0. The maximum atomic E-state index is 6.74. The average Bonchev–Trinajstić information content (AvgIpc) is 3.60. The third-order valence-corrected chi connectivity index (χ3v) is 12.3. The van der Waals surface area contributed by atoms with E-state index >= 15 is 0 Å². The number of ether oxygens (including phenoxy) is 1. The number of hydrogen-bond acceptors (Lipinski definition) is 1. The molecule has 1 aliphatic carbocycles. The van der Waals surface area contributed by atoms with Crippen molar-refractivity contribution in [3.8, 4) is 44.9 Å². The molecule has 0 aromatic heterocycles. The smallest absolute Gasteiger partial charge is 0.132 e. The molecule has 0 radical (unpaired) electrons. The first kappa shape index (κ1) is 33.1. The molecule has 1 nitrogen and oxygen atoms in total. The van der Waals surface area contributed by atoms with Gasteiger partial charge in [-0.05, 0) is 91.0 Å². The third kappa shape index (κ3) is 4.89. The molecule has 0 unspecified atom stereocenters. The van der Waals surface area contributed by atoms with E-state index in [2.05, 4.69) is 231 Å². The van der Waals surface area contributed by atoms with E-state index in [4.69, 9.17) is 4.74 Å². The Labute approximate surface area is 334 Å². The highest BCUT2D eigenvalue weighted by atomic mass is 16.5. The molecule has 0 bridgehead atoms. The van der Waals surface area contributed by atoms with Gasteiger partial charge in [-0.3, -0.25) is 0 Å². The summed E-state index contributed by atoms with van der Waals surface area (Å²) < 4.78 is 6.74. The number of fused-ring (bicyclic) bond motifs is 5. The number of para-hydroxylation sites is 1. The van der Waals surface area contributed by atoms with Gasteiger partial charge in [0, 0.05) is 11.1 Å². The Balaban J connectivity index is 1.12. The van der Waals surface area contributed by atoms with Crippen molar-refractivity contribution in [1.82, 2.24) is 0 Å². The van der Waals surface area contributed by atoms with E-state index in [1.165, 1.54) is 55.6 Å². The first-order valence-corrected chi connectivity index (χ1v) is 19.8. The summed E-state index contributed by atoms with van der Waals surface area (Å²) in [5.41, 5.74) is 16.1. The van der Waals surface area contributed by atoms with Gasteiger partial charge in [0.15, 0.2) is 0 Å². The highest BCUT2D eigenvalue weighted by molar-refractivity contribution is 5.96. The van der Waals surface area contributed by atoms with Gasteiger partial charge in [-0.15, -0.1) is 0 Å². The molecule has 9 aromatic rings. The van der Waals surface area contributed by atoms with Crippen LogP contribution in [-0.4, -0.2) is 0 Å². The van der Waals surface area contributed by atoms with Gasteiger partial charge in [0.2, 0.25) is 0 Å². The maximum absolute atomic E-state index is 6.74. The minimum Gasteiger partial charge on any atom is -0.457 e. The van der Waals surface area contributed by atoms with Gasteiger partial charge in [-0.2, -0.15) is 0 Å². The SMILES string of the molecule is c1ccc(C2(c3ccccc3)c3ccccc3Oc3ccc(-c4cccc(-c5cccc6c5-c5ccccc5C6(c5ccccc5)c5ccccc5)c4)cc32)cc1. The van der Waals surface area contributed by atoms with E-state index in [1.54, 1.807) is 0 Å². The molecule has 0 amide bonds. The van der Waals surface area contributed by atoms with Gasteiger partial charge in [-0.1, -0.05) is 206 Å². The van der Waals surface area contributed by atoms with Crippen molar-refractivity contribution in [1.29, 1.82) is 0 Å². The molecular weight excluding hydrogens is 689 g/mol. The number of rotatable bonds is 6. The lowest BCUT2D eigenvalue weighted by molar-refractivity contribution is 0.434. The topological polar surface area (TPSA) is 9.23 Å². The summed E-state index contributed by atoms with van der Waals surface area (Å²) in [6.07, 6.45) is 0. The van der Waals surface area contributed by atoms with Gasteiger partial charge < -0.3 is 4.74 Å². The summed E-state index contributed by atoms with van der Waals surface area (Å²) in [5, 5.41) is 0. The van der Waals surface area contributed by atoms with Crippen LogP contribution in [-0.2, 0) is 10.8 Å². The molecule has 1 heteroatoms. The van der Waals surface area contributed by atoms with E-state index in [0.717, 1.165) is 33.8 Å². The molecule has 0 spiro atoms. The highest BCUT2D eigenvalue weighted by Gasteiger charge is 2.47. The largest absolute Gasteiger partial charge is 0.457 e. The molecule has 1 aliphatic heterocycles. The van der Waals surface area contributed by atoms with Crippen LogP contribution in [0.5, 0.6) is 11.5 Å². The van der Waals surface area contributed by atoms with Crippen molar-refractivity contribution < 1.29 is 4.74 Å². The second-order valence-electron chi connectivity index (χ2n) is 15.1. The second kappa shape index (κ2) is 13.2. The quantitative estimate of drug-likeness (QED) is 0.166. The first-order chi connectivity index (χ1) is 28.3. The summed E-state index contributed by atoms with van der Waals surface area (Å²) >= 11 is 0. The van der Waals surface area contributed by atoms with Crippen LogP contribution < -0.4 is 4.74 Å². The Morgan fingerprint density at radius 2 is 0.702 bits per heavy atom. The highest BCUT2D eigenvalue weighted by Crippen LogP contribution is 2.59. The normalized spacial score (nSPS) is 14.0. The summed E-state index contributed by atoms with van der Waals surface area (Å²) in [5.74, 6) is 1.75. The molecule has 0 atom stereocenters. The Kier molecular flexibility index (Phi) is 7.69. The molecular formula is C56H38O. The van der Waals surface area contributed by atoms with Crippen molar-refractivity contribution in [3.05, 3.63) is 275 Å². The van der Waals surface area contributed by atoms with Crippen LogP contribution in [0.3, 0.4) is 0 Å². The molecule has 9 aromatic carbocycles. The van der Waals surface area contributed by atoms with Gasteiger partial charge in [0.25, 0.3) is 0 Å². The van der Waals surface area contributed by atoms with Crippen molar-refractivity contribution in [2.75, 3.05) is 0 Å².